The first-order valence-corrected chi connectivity index (χ1v) is 7.50. The van der Waals surface area contributed by atoms with E-state index in [-0.39, 0.29) is 0 Å². The van der Waals surface area contributed by atoms with E-state index in [0.717, 1.165) is 16.7 Å². The molecule has 120 valence electrons. The van der Waals surface area contributed by atoms with Gasteiger partial charge in [-0.1, -0.05) is 6.07 Å². The molecule has 2 aromatic rings. The number of nitrogens with one attached hydrogen (secondary N) is 1. The van der Waals surface area contributed by atoms with E-state index < -0.39 is 11.8 Å². The standard InChI is InChI=1S/C18H21N3O2/c1-13-4-5-16(12-14(13)2)20-17(22)18(23)21(3)11-8-15-6-9-19-10-7-15/h4-7,9-10,12H,8,11H2,1-3H3,(H,20,22). The summed E-state index contributed by atoms with van der Waals surface area (Å²) in [6, 6.07) is 9.37. The molecule has 0 radical (unpaired) electrons. The van der Waals surface area contributed by atoms with Crippen LogP contribution in [0.4, 0.5) is 5.69 Å². The molecule has 2 amide bonds. The van der Waals surface area contributed by atoms with Crippen molar-refractivity contribution in [2.24, 2.45) is 0 Å². The average molecular weight is 311 g/mol. The second-order valence-corrected chi connectivity index (χ2v) is 5.59. The van der Waals surface area contributed by atoms with Crippen LogP contribution in [0.1, 0.15) is 16.7 Å². The molecular weight excluding hydrogens is 290 g/mol. The van der Waals surface area contributed by atoms with Gasteiger partial charge in [-0.05, 0) is 61.2 Å². The first-order chi connectivity index (χ1) is 11.0. The summed E-state index contributed by atoms with van der Waals surface area (Å²) in [5, 5.41) is 2.65. The van der Waals surface area contributed by atoms with Gasteiger partial charge in [-0.25, -0.2) is 0 Å². The zero-order valence-corrected chi connectivity index (χ0v) is 13.7. The van der Waals surface area contributed by atoms with Crippen molar-refractivity contribution >= 4 is 17.5 Å². The number of nitrogens with zero attached hydrogens (tertiary/aromatic N) is 2. The summed E-state index contributed by atoms with van der Waals surface area (Å²) >= 11 is 0. The number of anilines is 1. The highest BCUT2D eigenvalue weighted by molar-refractivity contribution is 6.39. The number of aromatic nitrogens is 1. The number of hydrogen-bond acceptors (Lipinski definition) is 3. The molecule has 0 aliphatic carbocycles. The maximum Gasteiger partial charge on any atom is 0.313 e. The molecule has 0 saturated heterocycles. The van der Waals surface area contributed by atoms with E-state index in [1.165, 1.54) is 4.90 Å². The molecule has 0 fully saturated rings. The number of amides is 2. The molecule has 5 nitrogen and oxygen atoms in total. The summed E-state index contributed by atoms with van der Waals surface area (Å²) in [5.41, 5.74) is 3.92. The third-order valence-electron chi connectivity index (χ3n) is 3.79. The molecular formula is C18H21N3O2. The number of likely N-dealkylation sites (N-methyl/N-ethyl adjacent to an activating group) is 1. The van der Waals surface area contributed by atoms with Crippen LogP contribution in [-0.4, -0.2) is 35.3 Å². The van der Waals surface area contributed by atoms with E-state index in [4.69, 9.17) is 0 Å². The third-order valence-corrected chi connectivity index (χ3v) is 3.79. The second-order valence-electron chi connectivity index (χ2n) is 5.59. The first-order valence-electron chi connectivity index (χ1n) is 7.50. The van der Waals surface area contributed by atoms with Gasteiger partial charge >= 0.3 is 11.8 Å². The highest BCUT2D eigenvalue weighted by Gasteiger charge is 2.18. The summed E-state index contributed by atoms with van der Waals surface area (Å²) < 4.78 is 0. The highest BCUT2D eigenvalue weighted by Crippen LogP contribution is 2.14. The molecule has 0 aliphatic rings. The van der Waals surface area contributed by atoms with Crippen LogP contribution in [0.5, 0.6) is 0 Å². The van der Waals surface area contributed by atoms with Crippen LogP contribution in [0.3, 0.4) is 0 Å². The zero-order chi connectivity index (χ0) is 16.8. The fourth-order valence-electron chi connectivity index (χ4n) is 2.12. The largest absolute Gasteiger partial charge is 0.337 e. The summed E-state index contributed by atoms with van der Waals surface area (Å²) in [6.45, 7) is 4.44. The maximum atomic E-state index is 12.1. The molecule has 0 aliphatic heterocycles. The van der Waals surface area contributed by atoms with Gasteiger partial charge in [0.15, 0.2) is 0 Å². The van der Waals surface area contributed by atoms with E-state index >= 15 is 0 Å². The quantitative estimate of drug-likeness (QED) is 0.882. The minimum atomic E-state index is -0.620. The van der Waals surface area contributed by atoms with Gasteiger partial charge in [0.25, 0.3) is 0 Å². The molecule has 5 heteroatoms. The van der Waals surface area contributed by atoms with Crippen molar-refractivity contribution in [2.45, 2.75) is 20.3 Å². The topological polar surface area (TPSA) is 62.3 Å². The number of rotatable bonds is 4. The number of aryl methyl sites for hydroxylation is 2. The normalized spacial score (nSPS) is 10.2. The van der Waals surface area contributed by atoms with Crippen molar-refractivity contribution in [3.05, 3.63) is 59.4 Å². The van der Waals surface area contributed by atoms with Crippen molar-refractivity contribution in [2.75, 3.05) is 18.9 Å². The smallest absolute Gasteiger partial charge is 0.313 e. The average Bonchev–Trinajstić information content (AvgIpc) is 2.56. The molecule has 0 spiro atoms. The number of benzene rings is 1. The van der Waals surface area contributed by atoms with Crippen molar-refractivity contribution in [3.8, 4) is 0 Å². The lowest BCUT2D eigenvalue weighted by atomic mass is 10.1. The first kappa shape index (κ1) is 16.7. The van der Waals surface area contributed by atoms with Crippen LogP contribution in [-0.2, 0) is 16.0 Å². The maximum absolute atomic E-state index is 12.1. The third kappa shape index (κ3) is 4.64. The van der Waals surface area contributed by atoms with Gasteiger partial charge in [0.05, 0.1) is 0 Å². The fraction of sp³-hybridized carbons (Fsp3) is 0.278. The lowest BCUT2D eigenvalue weighted by Gasteiger charge is -2.16. The highest BCUT2D eigenvalue weighted by atomic mass is 16.2. The lowest BCUT2D eigenvalue weighted by molar-refractivity contribution is -0.142. The van der Waals surface area contributed by atoms with E-state index in [2.05, 4.69) is 10.3 Å². The summed E-state index contributed by atoms with van der Waals surface area (Å²) in [7, 11) is 1.63. The molecule has 1 aromatic heterocycles. The lowest BCUT2D eigenvalue weighted by Crippen LogP contribution is -2.38. The monoisotopic (exact) mass is 311 g/mol. The van der Waals surface area contributed by atoms with Crippen molar-refractivity contribution < 1.29 is 9.59 Å². The minimum Gasteiger partial charge on any atom is -0.337 e. The van der Waals surface area contributed by atoms with Crippen LogP contribution in [0.25, 0.3) is 0 Å². The molecule has 2 rings (SSSR count). The SMILES string of the molecule is Cc1ccc(NC(=O)C(=O)N(C)CCc2ccncc2)cc1C. The zero-order valence-electron chi connectivity index (χ0n) is 13.7. The van der Waals surface area contributed by atoms with Crippen LogP contribution < -0.4 is 5.32 Å². The Hall–Kier alpha value is -2.69. The Balaban J connectivity index is 1.90. The van der Waals surface area contributed by atoms with Crippen LogP contribution in [0, 0.1) is 13.8 Å². The van der Waals surface area contributed by atoms with E-state index in [1.54, 1.807) is 25.5 Å². The fourth-order valence-corrected chi connectivity index (χ4v) is 2.12. The van der Waals surface area contributed by atoms with E-state index in [1.807, 2.05) is 38.1 Å². The molecule has 1 aromatic carbocycles. The van der Waals surface area contributed by atoms with Gasteiger partial charge in [0, 0.05) is 31.7 Å². The predicted molar refractivity (Wildman–Crippen MR) is 90.1 cm³/mol. The van der Waals surface area contributed by atoms with Crippen molar-refractivity contribution in [3.63, 3.8) is 0 Å². The molecule has 0 bridgehead atoms. The Morgan fingerprint density at radius 3 is 2.43 bits per heavy atom. The second kappa shape index (κ2) is 7.54. The van der Waals surface area contributed by atoms with Crippen molar-refractivity contribution in [1.29, 1.82) is 0 Å². The van der Waals surface area contributed by atoms with Gasteiger partial charge in [-0.2, -0.15) is 0 Å². The number of carbonyl (C=O) groups is 2. The number of hydrogen-bond donors (Lipinski definition) is 1. The van der Waals surface area contributed by atoms with Crippen LogP contribution >= 0.6 is 0 Å². The van der Waals surface area contributed by atoms with Gasteiger partial charge in [-0.15, -0.1) is 0 Å². The molecule has 1 N–H and O–H groups in total. The Morgan fingerprint density at radius 1 is 1.09 bits per heavy atom. The van der Waals surface area contributed by atoms with E-state index in [0.29, 0.717) is 18.7 Å². The summed E-state index contributed by atoms with van der Waals surface area (Å²) in [4.78, 5) is 29.5. The molecule has 0 atom stereocenters. The van der Waals surface area contributed by atoms with Gasteiger partial charge in [-0.3, -0.25) is 14.6 Å². The predicted octanol–water partition coefficient (Wildman–Crippen LogP) is 2.34. The Bertz CT molecular complexity index is 699. The van der Waals surface area contributed by atoms with E-state index in [9.17, 15) is 9.59 Å². The minimum absolute atomic E-state index is 0.475. The Labute approximate surface area is 136 Å². The van der Waals surface area contributed by atoms with Crippen LogP contribution in [0.15, 0.2) is 42.7 Å². The van der Waals surface area contributed by atoms with Gasteiger partial charge in [0.2, 0.25) is 0 Å². The number of pyridine rings is 1. The Morgan fingerprint density at radius 2 is 1.78 bits per heavy atom. The van der Waals surface area contributed by atoms with Gasteiger partial charge in [0.1, 0.15) is 0 Å². The molecule has 1 heterocycles. The number of carbonyl (C=O) groups excluding carboxylic acids is 2. The van der Waals surface area contributed by atoms with Gasteiger partial charge < -0.3 is 10.2 Å². The van der Waals surface area contributed by atoms with Crippen LogP contribution in [0.2, 0.25) is 0 Å². The Kier molecular flexibility index (Phi) is 5.46. The molecule has 0 saturated carbocycles. The molecule has 0 unspecified atom stereocenters. The summed E-state index contributed by atoms with van der Waals surface area (Å²) in [5.74, 6) is -1.16. The summed E-state index contributed by atoms with van der Waals surface area (Å²) in [6.07, 6.45) is 4.11. The molecule has 23 heavy (non-hydrogen) atoms. The van der Waals surface area contributed by atoms with Crippen molar-refractivity contribution in [1.82, 2.24) is 9.88 Å².